The molecule has 30 heavy (non-hydrogen) atoms. The van der Waals surface area contributed by atoms with Crippen LogP contribution in [0.4, 0.5) is 4.39 Å². The lowest BCUT2D eigenvalue weighted by Gasteiger charge is -2.29. The number of aliphatic hydroxyl groups is 1. The molecule has 176 valence electrons. The van der Waals surface area contributed by atoms with Crippen molar-refractivity contribution in [1.29, 1.82) is 0 Å². The van der Waals surface area contributed by atoms with E-state index in [-0.39, 0.29) is 11.9 Å². The van der Waals surface area contributed by atoms with E-state index in [9.17, 15) is 9.50 Å². The molecule has 0 aliphatic carbocycles. The minimum absolute atomic E-state index is 0.180. The van der Waals surface area contributed by atoms with Crippen molar-refractivity contribution in [2.45, 2.75) is 71.9 Å². The van der Waals surface area contributed by atoms with Gasteiger partial charge in [-0.05, 0) is 51.3 Å². The van der Waals surface area contributed by atoms with Gasteiger partial charge in [-0.2, -0.15) is 0 Å². The minimum Gasteiger partial charge on any atom is -0.393 e. The summed E-state index contributed by atoms with van der Waals surface area (Å²) in [6.07, 6.45) is 6.01. The molecule has 0 amide bonds. The summed E-state index contributed by atoms with van der Waals surface area (Å²) in [5.74, 6) is 0.160. The Kier molecular flexibility index (Phi) is 16.1. The molecule has 2 atom stereocenters. The summed E-state index contributed by atoms with van der Waals surface area (Å²) >= 11 is 2.44. The van der Waals surface area contributed by atoms with Crippen LogP contribution >= 0.6 is 23.7 Å². The van der Waals surface area contributed by atoms with Crippen LogP contribution in [-0.2, 0) is 14.9 Å². The first-order chi connectivity index (χ1) is 14.5. The summed E-state index contributed by atoms with van der Waals surface area (Å²) in [6.45, 7) is 11.2. The summed E-state index contributed by atoms with van der Waals surface area (Å²) in [7, 11) is 1.93. The molecule has 0 aliphatic rings. The fraction of sp³-hybridized carbons (Fsp3) is 0.818. The van der Waals surface area contributed by atoms with Crippen LogP contribution in [0.25, 0.3) is 0 Å². The molecule has 1 heterocycles. The van der Waals surface area contributed by atoms with Gasteiger partial charge in [0.25, 0.3) is 0 Å². The largest absolute Gasteiger partial charge is 0.393 e. The highest BCUT2D eigenvalue weighted by molar-refractivity contribution is 7.89. The van der Waals surface area contributed by atoms with E-state index in [1.165, 1.54) is 29.6 Å². The van der Waals surface area contributed by atoms with E-state index >= 15 is 0 Å². The first-order valence-electron chi connectivity index (χ1n) is 11.2. The van der Waals surface area contributed by atoms with E-state index in [1.54, 1.807) is 6.07 Å². The quantitative estimate of drug-likeness (QED) is 0.164. The highest BCUT2D eigenvalue weighted by atomic mass is 32.2. The number of unbranched alkanes of at least 4 members (excludes halogenated alkanes) is 1. The minimum atomic E-state index is -0.202. The van der Waals surface area contributed by atoms with Crippen LogP contribution in [0.2, 0.25) is 0 Å². The Balaban J connectivity index is 2.19. The van der Waals surface area contributed by atoms with Gasteiger partial charge in [-0.15, -0.1) is 11.3 Å². The highest BCUT2D eigenvalue weighted by Gasteiger charge is 2.19. The van der Waals surface area contributed by atoms with Crippen molar-refractivity contribution in [3.63, 3.8) is 0 Å². The van der Waals surface area contributed by atoms with Gasteiger partial charge in [0.2, 0.25) is 0 Å². The Morgan fingerprint density at radius 3 is 2.57 bits per heavy atom. The second kappa shape index (κ2) is 17.3. The molecular weight excluding hydrogens is 423 g/mol. The predicted octanol–water partition coefficient (Wildman–Crippen LogP) is 5.55. The van der Waals surface area contributed by atoms with E-state index in [1.807, 2.05) is 11.9 Å². The standard InChI is InChI=1S/C22H41FN2O3S2/c1-5-8-11-25(15-19(7-3)22(26)10-6-2)12-9-13-27-30-28-18-24(4)16-21-14-20(23)17-29-21/h14,17,19,22,26H,5-13,15-16,18H2,1-4H3. The molecule has 8 heteroatoms. The third-order valence-corrected chi connectivity index (χ3v) is 6.45. The van der Waals surface area contributed by atoms with Gasteiger partial charge >= 0.3 is 0 Å². The molecule has 5 nitrogen and oxygen atoms in total. The van der Waals surface area contributed by atoms with Crippen molar-refractivity contribution >= 4 is 23.7 Å². The van der Waals surface area contributed by atoms with Crippen molar-refractivity contribution in [2.75, 3.05) is 40.0 Å². The second-order valence-corrected chi connectivity index (χ2v) is 9.52. The molecule has 0 saturated carbocycles. The maximum absolute atomic E-state index is 13.0. The summed E-state index contributed by atoms with van der Waals surface area (Å²) in [6, 6.07) is 1.56. The van der Waals surface area contributed by atoms with Gasteiger partial charge < -0.3 is 10.0 Å². The van der Waals surface area contributed by atoms with Gasteiger partial charge in [0, 0.05) is 29.9 Å². The zero-order valence-corrected chi connectivity index (χ0v) is 20.8. The number of hydrogen-bond acceptors (Lipinski definition) is 7. The average molecular weight is 465 g/mol. The smallest absolute Gasteiger partial charge is 0.159 e. The number of rotatable bonds is 19. The van der Waals surface area contributed by atoms with Crippen LogP contribution in [0.5, 0.6) is 0 Å². The van der Waals surface area contributed by atoms with E-state index < -0.39 is 0 Å². The fourth-order valence-corrected chi connectivity index (χ4v) is 4.62. The third-order valence-electron chi connectivity index (χ3n) is 5.09. The zero-order valence-electron chi connectivity index (χ0n) is 19.1. The average Bonchev–Trinajstić information content (AvgIpc) is 3.13. The van der Waals surface area contributed by atoms with E-state index in [4.69, 9.17) is 8.37 Å². The number of halogens is 1. The van der Waals surface area contributed by atoms with Gasteiger partial charge in [-0.1, -0.05) is 33.6 Å². The lowest BCUT2D eigenvalue weighted by molar-refractivity contribution is 0.0674. The van der Waals surface area contributed by atoms with E-state index in [0.717, 1.165) is 62.5 Å². The summed E-state index contributed by atoms with van der Waals surface area (Å²) in [5, 5.41) is 11.9. The molecule has 0 aliphatic heterocycles. The molecule has 0 saturated heterocycles. The van der Waals surface area contributed by atoms with Crippen molar-refractivity contribution in [1.82, 2.24) is 9.80 Å². The lowest BCUT2D eigenvalue weighted by atomic mass is 9.95. The molecule has 0 aromatic carbocycles. The van der Waals surface area contributed by atoms with Crippen molar-refractivity contribution in [2.24, 2.45) is 5.92 Å². The Hall–Kier alpha value is -0.220. The summed E-state index contributed by atoms with van der Waals surface area (Å²) < 4.78 is 24.0. The van der Waals surface area contributed by atoms with Crippen LogP contribution in [0, 0.1) is 11.7 Å². The molecule has 2 unspecified atom stereocenters. The van der Waals surface area contributed by atoms with Crippen LogP contribution < -0.4 is 0 Å². The number of aliphatic hydroxyl groups excluding tert-OH is 1. The molecule has 1 aromatic heterocycles. The molecule has 0 fully saturated rings. The van der Waals surface area contributed by atoms with Gasteiger partial charge in [-0.25, -0.2) is 4.39 Å². The van der Waals surface area contributed by atoms with Gasteiger partial charge in [0.15, 0.2) is 12.3 Å². The molecular formula is C22H41FN2O3S2. The number of hydrogen-bond donors (Lipinski definition) is 1. The Labute approximate surface area is 191 Å². The van der Waals surface area contributed by atoms with Crippen LogP contribution in [0.3, 0.4) is 0 Å². The first kappa shape index (κ1) is 27.8. The fourth-order valence-electron chi connectivity index (χ4n) is 3.34. The SMILES string of the molecule is CCCCN(CCCOSOCN(C)Cc1cc(F)cs1)CC(CC)C(O)CCC. The summed E-state index contributed by atoms with van der Waals surface area (Å²) in [4.78, 5) is 5.42. The molecule has 1 N–H and O–H groups in total. The second-order valence-electron chi connectivity index (χ2n) is 7.91. The monoisotopic (exact) mass is 464 g/mol. The number of nitrogens with zero attached hydrogens (tertiary/aromatic N) is 2. The normalized spacial score (nSPS) is 14.0. The Morgan fingerprint density at radius 2 is 1.93 bits per heavy atom. The van der Waals surface area contributed by atoms with Crippen molar-refractivity contribution in [3.8, 4) is 0 Å². The molecule has 0 spiro atoms. The number of thiophene rings is 1. The molecule has 1 rings (SSSR count). The molecule has 0 bridgehead atoms. The Morgan fingerprint density at radius 1 is 1.17 bits per heavy atom. The van der Waals surface area contributed by atoms with E-state index in [2.05, 4.69) is 25.7 Å². The predicted molar refractivity (Wildman–Crippen MR) is 126 cm³/mol. The molecule has 0 radical (unpaired) electrons. The Bertz CT molecular complexity index is 536. The van der Waals surface area contributed by atoms with E-state index in [0.29, 0.717) is 25.8 Å². The van der Waals surface area contributed by atoms with Crippen molar-refractivity contribution in [3.05, 3.63) is 22.1 Å². The first-order valence-corrected chi connectivity index (χ1v) is 12.8. The lowest BCUT2D eigenvalue weighted by Crippen LogP contribution is -2.36. The van der Waals surface area contributed by atoms with Crippen LogP contribution in [0.1, 0.15) is 64.2 Å². The topological polar surface area (TPSA) is 45.2 Å². The van der Waals surface area contributed by atoms with Crippen LogP contribution in [0.15, 0.2) is 11.4 Å². The molecule has 1 aromatic rings. The van der Waals surface area contributed by atoms with Crippen molar-refractivity contribution < 1.29 is 17.9 Å². The van der Waals surface area contributed by atoms with Gasteiger partial charge in [0.05, 0.1) is 12.7 Å². The highest BCUT2D eigenvalue weighted by Crippen LogP contribution is 2.17. The maximum Gasteiger partial charge on any atom is 0.159 e. The van der Waals surface area contributed by atoms with Gasteiger partial charge in [-0.3, -0.25) is 13.3 Å². The zero-order chi connectivity index (χ0) is 22.2. The maximum atomic E-state index is 13.0. The summed E-state index contributed by atoms with van der Waals surface area (Å²) in [5.41, 5.74) is 0. The van der Waals surface area contributed by atoms with Gasteiger partial charge in [0.1, 0.15) is 12.5 Å². The third kappa shape index (κ3) is 12.6. The van der Waals surface area contributed by atoms with Crippen LogP contribution in [-0.4, -0.2) is 61.0 Å².